The third-order valence-electron chi connectivity index (χ3n) is 4.35. The lowest BCUT2D eigenvalue weighted by Crippen LogP contribution is -2.39. The summed E-state index contributed by atoms with van der Waals surface area (Å²) in [6, 6.07) is 0. The molecule has 0 saturated heterocycles. The molecule has 94 valence electrons. The van der Waals surface area contributed by atoms with Gasteiger partial charge in [0.05, 0.1) is 5.03 Å². The first-order valence-corrected chi connectivity index (χ1v) is 8.43. The molecule has 1 saturated carbocycles. The van der Waals surface area contributed by atoms with Gasteiger partial charge in [0, 0.05) is 15.5 Å². The summed E-state index contributed by atoms with van der Waals surface area (Å²) in [5, 5.41) is 1.36. The first kappa shape index (κ1) is 12.2. The predicted octanol–water partition coefficient (Wildman–Crippen LogP) is 5.21. The van der Waals surface area contributed by atoms with E-state index in [-0.39, 0.29) is 0 Å². The molecular formula is C13H19NS3. The molecule has 1 nitrogen and oxygen atoms in total. The van der Waals surface area contributed by atoms with Crippen molar-refractivity contribution in [1.82, 2.24) is 4.98 Å². The van der Waals surface area contributed by atoms with Crippen LogP contribution in [0.25, 0.3) is 0 Å². The van der Waals surface area contributed by atoms with E-state index in [1.807, 2.05) is 23.1 Å². The highest BCUT2D eigenvalue weighted by Gasteiger charge is 2.45. The van der Waals surface area contributed by atoms with Crippen molar-refractivity contribution in [3.05, 3.63) is 8.83 Å². The molecule has 3 rings (SSSR count). The first-order chi connectivity index (χ1) is 7.97. The minimum atomic E-state index is 0.358. The van der Waals surface area contributed by atoms with E-state index in [0.717, 1.165) is 21.7 Å². The maximum absolute atomic E-state index is 5.33. The normalized spacial score (nSPS) is 35.1. The Morgan fingerprint density at radius 2 is 2.12 bits per heavy atom. The van der Waals surface area contributed by atoms with Gasteiger partial charge in [0.2, 0.25) is 0 Å². The zero-order chi connectivity index (χ0) is 12.2. The lowest BCUT2D eigenvalue weighted by molar-refractivity contribution is 0.210. The van der Waals surface area contributed by atoms with Gasteiger partial charge in [-0.2, -0.15) is 0 Å². The van der Waals surface area contributed by atoms with Crippen LogP contribution in [0.3, 0.4) is 0 Å². The number of thioether (sulfide) groups is 1. The van der Waals surface area contributed by atoms with Crippen LogP contribution < -0.4 is 0 Å². The van der Waals surface area contributed by atoms with Crippen molar-refractivity contribution in [2.24, 2.45) is 11.8 Å². The van der Waals surface area contributed by atoms with Crippen LogP contribution in [0.1, 0.15) is 50.8 Å². The highest BCUT2D eigenvalue weighted by atomic mass is 32.2. The lowest BCUT2D eigenvalue weighted by atomic mass is 9.69. The van der Waals surface area contributed by atoms with Gasteiger partial charge in [-0.05, 0) is 36.9 Å². The fraction of sp³-hybridized carbons (Fsp3) is 0.769. The smallest absolute Gasteiger partial charge is 0.159 e. The van der Waals surface area contributed by atoms with Crippen molar-refractivity contribution in [2.75, 3.05) is 0 Å². The number of fused-ring (bicyclic) bond motifs is 3. The summed E-state index contributed by atoms with van der Waals surface area (Å²) >= 11 is 9.16. The van der Waals surface area contributed by atoms with E-state index in [9.17, 15) is 0 Å². The van der Waals surface area contributed by atoms with Crippen LogP contribution in [0.15, 0.2) is 5.03 Å². The monoisotopic (exact) mass is 285 g/mol. The van der Waals surface area contributed by atoms with E-state index in [0.29, 0.717) is 4.75 Å². The lowest BCUT2D eigenvalue weighted by Gasteiger charge is -2.46. The van der Waals surface area contributed by atoms with Gasteiger partial charge < -0.3 is 4.98 Å². The highest BCUT2D eigenvalue weighted by Crippen LogP contribution is 2.58. The molecule has 4 heteroatoms. The van der Waals surface area contributed by atoms with Gasteiger partial charge in [-0.1, -0.05) is 27.2 Å². The molecule has 1 aliphatic heterocycles. The second kappa shape index (κ2) is 4.10. The molecule has 0 bridgehead atoms. The predicted molar refractivity (Wildman–Crippen MR) is 78.7 cm³/mol. The Morgan fingerprint density at radius 3 is 2.88 bits per heavy atom. The molecular weight excluding hydrogens is 266 g/mol. The highest BCUT2D eigenvalue weighted by molar-refractivity contribution is 8.00. The van der Waals surface area contributed by atoms with Crippen molar-refractivity contribution < 1.29 is 0 Å². The van der Waals surface area contributed by atoms with E-state index in [1.165, 1.54) is 24.3 Å². The number of rotatable bonds is 0. The largest absolute Gasteiger partial charge is 0.332 e. The summed E-state index contributed by atoms with van der Waals surface area (Å²) < 4.78 is 1.31. The third kappa shape index (κ3) is 2.02. The SMILES string of the molecule is C[C@@H]1CC[C@@H]2[C@H](C1)c1sc(=S)[nH]c1SC2(C)C. The van der Waals surface area contributed by atoms with Crippen molar-refractivity contribution in [2.45, 2.75) is 55.7 Å². The summed E-state index contributed by atoms with van der Waals surface area (Å²) in [4.78, 5) is 4.95. The first-order valence-electron chi connectivity index (χ1n) is 6.39. The van der Waals surface area contributed by atoms with E-state index in [2.05, 4.69) is 25.8 Å². The molecule has 1 aromatic rings. The fourth-order valence-corrected chi connectivity index (χ4v) is 6.51. The molecule has 0 aromatic carbocycles. The zero-order valence-electron chi connectivity index (χ0n) is 10.6. The van der Waals surface area contributed by atoms with Crippen molar-refractivity contribution in [1.29, 1.82) is 0 Å². The fourth-order valence-electron chi connectivity index (χ4n) is 3.49. The molecule has 1 fully saturated rings. The van der Waals surface area contributed by atoms with Crippen molar-refractivity contribution in [3.63, 3.8) is 0 Å². The summed E-state index contributed by atoms with van der Waals surface area (Å²) in [5.74, 6) is 2.46. The van der Waals surface area contributed by atoms with Gasteiger partial charge in [-0.3, -0.25) is 0 Å². The Kier molecular flexibility index (Phi) is 2.96. The molecule has 2 aliphatic rings. The molecule has 1 aliphatic carbocycles. The Morgan fingerprint density at radius 1 is 1.35 bits per heavy atom. The number of hydrogen-bond donors (Lipinski definition) is 1. The van der Waals surface area contributed by atoms with Gasteiger partial charge in [-0.15, -0.1) is 23.1 Å². The maximum Gasteiger partial charge on any atom is 0.159 e. The Bertz CT molecular complexity index is 485. The number of aromatic amines is 1. The standard InChI is InChI=1S/C13H19NS3/c1-7-4-5-9-8(6-7)10-11(14-12(15)16-10)17-13(9,2)3/h7-9H,4-6H2,1-3H3,(H,14,15)/t7-,8+,9-/m1/s1. The molecule has 2 heterocycles. The summed E-state index contributed by atoms with van der Waals surface area (Å²) in [7, 11) is 0. The van der Waals surface area contributed by atoms with Crippen molar-refractivity contribution >= 4 is 35.3 Å². The number of nitrogens with one attached hydrogen (secondary N) is 1. The summed E-state index contributed by atoms with van der Waals surface area (Å²) in [6.45, 7) is 7.21. The van der Waals surface area contributed by atoms with Crippen LogP contribution in [-0.2, 0) is 0 Å². The molecule has 0 radical (unpaired) electrons. The van der Waals surface area contributed by atoms with E-state index in [1.54, 1.807) is 4.88 Å². The molecule has 17 heavy (non-hydrogen) atoms. The van der Waals surface area contributed by atoms with Gasteiger partial charge >= 0.3 is 0 Å². The summed E-state index contributed by atoms with van der Waals surface area (Å²) in [6.07, 6.45) is 4.14. The van der Waals surface area contributed by atoms with Gasteiger partial charge in [0.1, 0.15) is 0 Å². The second-order valence-electron chi connectivity index (χ2n) is 6.04. The second-order valence-corrected chi connectivity index (χ2v) is 9.43. The van der Waals surface area contributed by atoms with E-state index >= 15 is 0 Å². The summed E-state index contributed by atoms with van der Waals surface area (Å²) in [5.41, 5.74) is 0. The van der Waals surface area contributed by atoms with E-state index in [4.69, 9.17) is 12.2 Å². The van der Waals surface area contributed by atoms with Crippen LogP contribution >= 0.6 is 35.3 Å². The quantitative estimate of drug-likeness (QED) is 0.658. The van der Waals surface area contributed by atoms with Gasteiger partial charge in [0.25, 0.3) is 0 Å². The van der Waals surface area contributed by atoms with E-state index < -0.39 is 0 Å². The minimum Gasteiger partial charge on any atom is -0.332 e. The average molecular weight is 286 g/mol. The zero-order valence-corrected chi connectivity index (χ0v) is 13.0. The van der Waals surface area contributed by atoms with Crippen molar-refractivity contribution in [3.8, 4) is 0 Å². The van der Waals surface area contributed by atoms with Gasteiger partial charge in [0.15, 0.2) is 3.95 Å². The average Bonchev–Trinajstić information content (AvgIpc) is 2.57. The third-order valence-corrected chi connectivity index (χ3v) is 7.20. The topological polar surface area (TPSA) is 15.8 Å². The number of hydrogen-bond acceptors (Lipinski definition) is 3. The molecule has 3 atom stereocenters. The minimum absolute atomic E-state index is 0.358. The number of H-pyrrole nitrogens is 1. The Balaban J connectivity index is 2.07. The number of aromatic nitrogens is 1. The number of thiazole rings is 1. The molecule has 1 aromatic heterocycles. The Labute approximate surface area is 116 Å². The molecule has 0 spiro atoms. The van der Waals surface area contributed by atoms with Crippen LogP contribution in [0, 0.1) is 15.8 Å². The molecule has 1 N–H and O–H groups in total. The maximum atomic E-state index is 5.33. The molecule has 0 unspecified atom stereocenters. The molecule has 0 amide bonds. The Hall–Kier alpha value is 0.200. The van der Waals surface area contributed by atoms with Crippen LogP contribution in [0.4, 0.5) is 0 Å². The van der Waals surface area contributed by atoms with Crippen LogP contribution in [-0.4, -0.2) is 9.73 Å². The van der Waals surface area contributed by atoms with Crippen LogP contribution in [0.2, 0.25) is 0 Å². The van der Waals surface area contributed by atoms with Gasteiger partial charge in [-0.25, -0.2) is 0 Å². The van der Waals surface area contributed by atoms with Crippen LogP contribution in [0.5, 0.6) is 0 Å².